The summed E-state index contributed by atoms with van der Waals surface area (Å²) in [7, 11) is -3.55. The molecule has 0 N–H and O–H groups in total. The Labute approximate surface area is 145 Å². The van der Waals surface area contributed by atoms with E-state index in [9.17, 15) is 0 Å². The van der Waals surface area contributed by atoms with Gasteiger partial charge in [0.1, 0.15) is 0 Å². The van der Waals surface area contributed by atoms with Gasteiger partial charge in [0.25, 0.3) is 0 Å². The first-order valence-corrected chi connectivity index (χ1v) is 15.3. The van der Waals surface area contributed by atoms with Crippen molar-refractivity contribution in [3.63, 3.8) is 0 Å². The molecule has 120 valence electrons. The summed E-state index contributed by atoms with van der Waals surface area (Å²) in [6.45, 7) is 6.86. The monoisotopic (exact) mass is 394 g/mol. The average Bonchev–Trinajstić information content (AvgIpc) is 2.52. The summed E-state index contributed by atoms with van der Waals surface area (Å²) in [6.07, 6.45) is 1.10. The van der Waals surface area contributed by atoms with Crippen molar-refractivity contribution in [1.29, 1.82) is 0 Å². The van der Waals surface area contributed by atoms with Crippen LogP contribution < -0.4 is 0 Å². The van der Waals surface area contributed by atoms with Gasteiger partial charge in [-0.25, -0.2) is 0 Å². The first kappa shape index (κ1) is 19.6. The van der Waals surface area contributed by atoms with Crippen molar-refractivity contribution in [2.24, 2.45) is 0 Å². The Kier molecular flexibility index (Phi) is 8.25. The Morgan fingerprint density at radius 1 is 1.05 bits per heavy atom. The molecule has 1 nitrogen and oxygen atoms in total. The minimum absolute atomic E-state index is 0.0114. The van der Waals surface area contributed by atoms with E-state index in [2.05, 4.69) is 20.8 Å². The van der Waals surface area contributed by atoms with Crippen LogP contribution >= 0.6 is 46.4 Å². The minimum Gasteiger partial charge on any atom is -0.414 e. The topological polar surface area (TPSA) is 9.23 Å². The Morgan fingerprint density at radius 2 is 1.65 bits per heavy atom. The Balaban J connectivity index is 3.17. The Morgan fingerprint density at radius 3 is 2.05 bits per heavy atom. The van der Waals surface area contributed by atoms with Gasteiger partial charge in [-0.05, 0) is 12.5 Å². The van der Waals surface area contributed by atoms with Gasteiger partial charge in [-0.3, -0.25) is 0 Å². The van der Waals surface area contributed by atoms with Gasteiger partial charge >= 0.3 is 0 Å². The van der Waals surface area contributed by atoms with Crippen molar-refractivity contribution in [1.82, 2.24) is 0 Å². The van der Waals surface area contributed by atoms with Crippen LogP contribution in [0.1, 0.15) is 27.2 Å². The van der Waals surface area contributed by atoms with Crippen LogP contribution in [-0.2, 0) is 4.43 Å². The van der Waals surface area contributed by atoms with E-state index in [1.165, 1.54) is 18.1 Å². The van der Waals surface area contributed by atoms with Crippen LogP contribution in [0.4, 0.5) is 0 Å². The summed E-state index contributed by atoms with van der Waals surface area (Å²) in [4.78, 5) is 0. The van der Waals surface area contributed by atoms with Crippen LogP contribution in [0.2, 0.25) is 24.2 Å². The lowest BCUT2D eigenvalue weighted by Gasteiger charge is -2.54. The van der Waals surface area contributed by atoms with Crippen molar-refractivity contribution < 1.29 is 4.43 Å². The fraction of sp³-hybridized carbons (Fsp3) is 1.00. The maximum atomic E-state index is 6.72. The van der Waals surface area contributed by atoms with E-state index >= 15 is 0 Å². The van der Waals surface area contributed by atoms with E-state index in [0.29, 0.717) is 11.8 Å². The molecule has 0 aromatic carbocycles. The molecule has 0 radical (unpaired) electrons. The standard InChI is InChI=1S/C13H26Cl4OSi2/c1-4-19(5-2)8-7-12(11(16)9-14)18-20(19,6-3)13(17)10-15/h11-13H,4-10H2,1-3H3. The molecule has 0 aliphatic carbocycles. The molecular weight excluding hydrogens is 370 g/mol. The van der Waals surface area contributed by atoms with Crippen molar-refractivity contribution in [3.8, 4) is 0 Å². The first-order valence-electron chi connectivity index (χ1n) is 7.54. The van der Waals surface area contributed by atoms with Gasteiger partial charge in [-0.15, -0.1) is 46.4 Å². The van der Waals surface area contributed by atoms with Gasteiger partial charge in [-0.2, -0.15) is 0 Å². The van der Waals surface area contributed by atoms with Crippen LogP contribution in [0.25, 0.3) is 0 Å². The largest absolute Gasteiger partial charge is 0.414 e. The molecule has 4 unspecified atom stereocenters. The molecule has 1 rings (SSSR count). The van der Waals surface area contributed by atoms with Gasteiger partial charge in [-0.1, -0.05) is 38.9 Å². The molecule has 1 aliphatic rings. The third-order valence-electron chi connectivity index (χ3n) is 5.24. The van der Waals surface area contributed by atoms with Gasteiger partial charge in [0, 0.05) is 11.8 Å². The predicted octanol–water partition coefficient (Wildman–Crippen LogP) is 5.54. The highest BCUT2D eigenvalue weighted by molar-refractivity contribution is 7.42. The van der Waals surface area contributed by atoms with Crippen LogP contribution in [0, 0.1) is 0 Å². The average molecular weight is 396 g/mol. The minimum atomic E-state index is -2.05. The molecule has 0 amide bonds. The predicted molar refractivity (Wildman–Crippen MR) is 98.0 cm³/mol. The van der Waals surface area contributed by atoms with Gasteiger partial charge in [0.15, 0.2) is 7.83 Å². The lowest BCUT2D eigenvalue weighted by atomic mass is 10.2. The maximum absolute atomic E-state index is 6.72. The zero-order valence-electron chi connectivity index (χ0n) is 12.6. The molecule has 4 atom stereocenters. The second-order valence-corrected chi connectivity index (χ2v) is 21.4. The van der Waals surface area contributed by atoms with E-state index < -0.39 is 15.4 Å². The normalized spacial score (nSPS) is 32.9. The lowest BCUT2D eigenvalue weighted by molar-refractivity contribution is 0.179. The van der Waals surface area contributed by atoms with E-state index in [-0.39, 0.29) is 16.5 Å². The van der Waals surface area contributed by atoms with Crippen molar-refractivity contribution in [3.05, 3.63) is 0 Å². The summed E-state index contributed by atoms with van der Waals surface area (Å²) in [5.74, 6) is 0.915. The third-order valence-corrected chi connectivity index (χ3v) is 28.1. The maximum Gasteiger partial charge on any atom is 0.198 e. The lowest BCUT2D eigenvalue weighted by Crippen LogP contribution is -2.73. The highest BCUT2D eigenvalue weighted by Crippen LogP contribution is 2.45. The summed E-state index contributed by atoms with van der Waals surface area (Å²) >= 11 is 25.2. The molecule has 0 aromatic heterocycles. The highest BCUT2D eigenvalue weighted by Gasteiger charge is 2.60. The molecule has 20 heavy (non-hydrogen) atoms. The number of halogens is 4. The van der Waals surface area contributed by atoms with Crippen LogP contribution in [0.3, 0.4) is 0 Å². The Bertz CT molecular complexity index is 304. The zero-order valence-corrected chi connectivity index (χ0v) is 17.6. The molecule has 1 fully saturated rings. The van der Waals surface area contributed by atoms with Crippen molar-refractivity contribution >= 4 is 61.8 Å². The number of hydrogen-bond acceptors (Lipinski definition) is 1. The van der Waals surface area contributed by atoms with Crippen LogP contribution in [0.5, 0.6) is 0 Å². The molecule has 1 aliphatic heterocycles. The van der Waals surface area contributed by atoms with Crippen LogP contribution in [0.15, 0.2) is 0 Å². The second-order valence-electron chi connectivity index (χ2n) is 5.72. The fourth-order valence-corrected chi connectivity index (χ4v) is 26.4. The Hall–Kier alpha value is 1.55. The molecule has 0 aromatic rings. The summed E-state index contributed by atoms with van der Waals surface area (Å²) in [5, 5.41) is -0.127. The number of rotatable bonds is 7. The molecule has 0 saturated carbocycles. The molecule has 0 bridgehead atoms. The van der Waals surface area contributed by atoms with Crippen molar-refractivity contribution in [2.45, 2.75) is 67.8 Å². The summed E-state index contributed by atoms with van der Waals surface area (Å²) in [6, 6.07) is 4.80. The van der Waals surface area contributed by atoms with E-state index in [1.807, 2.05) is 0 Å². The molecule has 1 heterocycles. The second kappa shape index (κ2) is 8.42. The first-order chi connectivity index (χ1) is 9.46. The van der Waals surface area contributed by atoms with E-state index in [4.69, 9.17) is 50.8 Å². The summed E-state index contributed by atoms with van der Waals surface area (Å²) < 4.78 is 6.69. The molecular formula is C13H26Cl4OSi2. The molecule has 7 heteroatoms. The SMILES string of the molecule is CC[Si]1(CC)CCC(C(Cl)CCl)O[Si]1(CC)C(Cl)CCl. The van der Waals surface area contributed by atoms with Gasteiger partial charge < -0.3 is 4.43 Å². The number of alkyl halides is 4. The summed E-state index contributed by atoms with van der Waals surface area (Å²) in [5.41, 5.74) is 0. The third kappa shape index (κ3) is 3.39. The number of hydrogen-bond donors (Lipinski definition) is 0. The zero-order chi connectivity index (χ0) is 15.4. The smallest absolute Gasteiger partial charge is 0.198 e. The van der Waals surface area contributed by atoms with Crippen molar-refractivity contribution in [2.75, 3.05) is 11.8 Å². The van der Waals surface area contributed by atoms with Crippen LogP contribution in [-0.4, -0.2) is 43.7 Å². The molecule has 0 spiro atoms. The molecule has 1 saturated heterocycles. The van der Waals surface area contributed by atoms with Gasteiger partial charge in [0.05, 0.1) is 24.1 Å². The highest BCUT2D eigenvalue weighted by atomic mass is 35.5. The fourth-order valence-electron chi connectivity index (χ4n) is 3.85. The quantitative estimate of drug-likeness (QED) is 0.406. The van der Waals surface area contributed by atoms with E-state index in [0.717, 1.165) is 12.5 Å². The van der Waals surface area contributed by atoms with E-state index in [1.54, 1.807) is 0 Å². The van der Waals surface area contributed by atoms with Gasteiger partial charge in [0.2, 0.25) is 0 Å².